The molecular weight excluding hydrogens is 384 g/mol. The van der Waals surface area contributed by atoms with Gasteiger partial charge in [-0.05, 0) is 0 Å². The first-order valence-electron chi connectivity index (χ1n) is 9.81. The maximum Gasteiger partial charge on any atom is 0.330 e. The molecule has 158 valence electrons. The molecule has 0 aliphatic carbocycles. The van der Waals surface area contributed by atoms with Crippen molar-refractivity contribution in [2.75, 3.05) is 46.8 Å². The fourth-order valence-corrected chi connectivity index (χ4v) is 3.15. The van der Waals surface area contributed by atoms with Crippen LogP contribution in [-0.4, -0.2) is 52.7 Å². The maximum atomic E-state index is 11.0. The van der Waals surface area contributed by atoms with Crippen molar-refractivity contribution in [3.05, 3.63) is 61.2 Å². The molecule has 0 aromatic heterocycles. The highest BCUT2D eigenvalue weighted by Crippen LogP contribution is 2.42. The summed E-state index contributed by atoms with van der Waals surface area (Å²) in [6, 6.07) is 16.0. The lowest BCUT2D eigenvalue weighted by Gasteiger charge is -2.17. The standard InChI is InChI=1S/C24H26O6/c1-3-22(25)28-16-13-27-14-17-30-24-20-10-6-4-8-18(20)23(29-15-12-26-2)19-9-5-7-11-21(19)24/h3-11H,1,12-17H2,2H3. The summed E-state index contributed by atoms with van der Waals surface area (Å²) in [5.74, 6) is 1.16. The van der Waals surface area contributed by atoms with Gasteiger partial charge in [-0.2, -0.15) is 0 Å². The second-order valence-electron chi connectivity index (χ2n) is 6.42. The van der Waals surface area contributed by atoms with Gasteiger partial charge in [0.05, 0.1) is 19.8 Å². The molecule has 3 rings (SSSR count). The molecule has 6 heteroatoms. The van der Waals surface area contributed by atoms with Gasteiger partial charge in [0.15, 0.2) is 0 Å². The lowest BCUT2D eigenvalue weighted by Crippen LogP contribution is -2.13. The number of carbonyl (C=O) groups is 1. The minimum absolute atomic E-state index is 0.185. The van der Waals surface area contributed by atoms with E-state index in [9.17, 15) is 4.79 Å². The van der Waals surface area contributed by atoms with Crippen molar-refractivity contribution in [1.29, 1.82) is 0 Å². The number of esters is 1. The number of benzene rings is 3. The minimum Gasteiger partial charge on any atom is -0.490 e. The summed E-state index contributed by atoms with van der Waals surface area (Å²) in [4.78, 5) is 11.0. The molecule has 0 radical (unpaired) electrons. The molecule has 0 N–H and O–H groups in total. The Morgan fingerprint density at radius 2 is 1.23 bits per heavy atom. The maximum absolute atomic E-state index is 11.0. The molecular formula is C24H26O6. The van der Waals surface area contributed by atoms with Gasteiger partial charge in [-0.25, -0.2) is 4.79 Å². The van der Waals surface area contributed by atoms with E-state index in [1.54, 1.807) is 7.11 Å². The molecule has 0 saturated carbocycles. The van der Waals surface area contributed by atoms with Crippen LogP contribution in [0.3, 0.4) is 0 Å². The fourth-order valence-electron chi connectivity index (χ4n) is 3.15. The third-order valence-corrected chi connectivity index (χ3v) is 4.48. The van der Waals surface area contributed by atoms with E-state index in [1.807, 2.05) is 48.5 Å². The van der Waals surface area contributed by atoms with E-state index in [1.165, 1.54) is 0 Å². The van der Waals surface area contributed by atoms with Gasteiger partial charge in [0.1, 0.15) is 31.3 Å². The van der Waals surface area contributed by atoms with Gasteiger partial charge in [-0.15, -0.1) is 0 Å². The second kappa shape index (κ2) is 11.2. The van der Waals surface area contributed by atoms with Gasteiger partial charge in [0.25, 0.3) is 0 Å². The summed E-state index contributed by atoms with van der Waals surface area (Å²) in [6.07, 6.45) is 1.13. The van der Waals surface area contributed by atoms with Crippen LogP contribution < -0.4 is 9.47 Å². The average molecular weight is 410 g/mol. The predicted molar refractivity (Wildman–Crippen MR) is 116 cm³/mol. The molecule has 0 saturated heterocycles. The van der Waals surface area contributed by atoms with Crippen molar-refractivity contribution >= 4 is 27.5 Å². The van der Waals surface area contributed by atoms with E-state index in [2.05, 4.69) is 6.58 Å². The molecule has 3 aromatic carbocycles. The smallest absolute Gasteiger partial charge is 0.330 e. The van der Waals surface area contributed by atoms with Crippen LogP contribution in [0.4, 0.5) is 0 Å². The third-order valence-electron chi connectivity index (χ3n) is 4.48. The molecule has 0 amide bonds. The summed E-state index contributed by atoms with van der Waals surface area (Å²) in [5, 5.41) is 3.92. The van der Waals surface area contributed by atoms with Gasteiger partial charge >= 0.3 is 5.97 Å². The number of carbonyl (C=O) groups excluding carboxylic acids is 1. The average Bonchev–Trinajstić information content (AvgIpc) is 2.79. The monoisotopic (exact) mass is 410 g/mol. The van der Waals surface area contributed by atoms with Crippen molar-refractivity contribution in [2.45, 2.75) is 0 Å². The molecule has 3 aromatic rings. The van der Waals surface area contributed by atoms with Gasteiger partial charge in [0, 0.05) is 34.7 Å². The van der Waals surface area contributed by atoms with Crippen LogP contribution in [-0.2, 0) is 19.0 Å². The van der Waals surface area contributed by atoms with Gasteiger partial charge < -0.3 is 23.7 Å². The number of methoxy groups -OCH3 is 1. The largest absolute Gasteiger partial charge is 0.490 e. The van der Waals surface area contributed by atoms with Crippen LogP contribution in [0.15, 0.2) is 61.2 Å². The first-order chi connectivity index (χ1) is 14.8. The summed E-state index contributed by atoms with van der Waals surface area (Å²) in [6.45, 7) is 5.56. The zero-order valence-corrected chi connectivity index (χ0v) is 17.1. The van der Waals surface area contributed by atoms with Crippen LogP contribution in [0.1, 0.15) is 0 Å². The molecule has 0 bridgehead atoms. The fraction of sp³-hybridized carbons (Fsp3) is 0.292. The zero-order chi connectivity index (χ0) is 21.2. The Hall–Kier alpha value is -3.09. The molecule has 0 spiro atoms. The van der Waals surface area contributed by atoms with E-state index in [0.717, 1.165) is 39.1 Å². The lowest BCUT2D eigenvalue weighted by atomic mass is 10.0. The zero-order valence-electron chi connectivity index (χ0n) is 17.1. The van der Waals surface area contributed by atoms with Crippen molar-refractivity contribution in [3.8, 4) is 11.5 Å². The van der Waals surface area contributed by atoms with E-state index >= 15 is 0 Å². The highest BCUT2D eigenvalue weighted by atomic mass is 16.6. The number of hydrogen-bond donors (Lipinski definition) is 0. The van der Waals surface area contributed by atoms with Gasteiger partial charge in [-0.1, -0.05) is 55.1 Å². The van der Waals surface area contributed by atoms with Crippen molar-refractivity contribution in [2.24, 2.45) is 0 Å². The molecule has 0 atom stereocenters. The summed E-state index contributed by atoms with van der Waals surface area (Å²) < 4.78 is 27.7. The summed E-state index contributed by atoms with van der Waals surface area (Å²) >= 11 is 0. The first-order valence-corrected chi connectivity index (χ1v) is 9.81. The summed E-state index contributed by atoms with van der Waals surface area (Å²) in [5.41, 5.74) is 0. The third kappa shape index (κ3) is 5.28. The highest BCUT2D eigenvalue weighted by molar-refractivity contribution is 6.11. The Labute approximate surface area is 175 Å². The van der Waals surface area contributed by atoms with E-state index in [0.29, 0.717) is 33.0 Å². The summed E-state index contributed by atoms with van der Waals surface area (Å²) in [7, 11) is 1.65. The number of rotatable bonds is 12. The first kappa shape index (κ1) is 21.6. The van der Waals surface area contributed by atoms with Crippen LogP contribution in [0.2, 0.25) is 0 Å². The topological polar surface area (TPSA) is 63.2 Å². The highest BCUT2D eigenvalue weighted by Gasteiger charge is 2.15. The van der Waals surface area contributed by atoms with Crippen molar-refractivity contribution in [3.63, 3.8) is 0 Å². The van der Waals surface area contributed by atoms with Gasteiger partial charge in [-0.3, -0.25) is 0 Å². The normalized spacial score (nSPS) is 10.8. The van der Waals surface area contributed by atoms with E-state index in [-0.39, 0.29) is 6.61 Å². The molecule has 0 unspecified atom stereocenters. The van der Waals surface area contributed by atoms with Crippen molar-refractivity contribution < 1.29 is 28.5 Å². The van der Waals surface area contributed by atoms with Crippen LogP contribution in [0.25, 0.3) is 21.5 Å². The molecule has 0 aliphatic rings. The molecule has 0 heterocycles. The lowest BCUT2D eigenvalue weighted by molar-refractivity contribution is -0.139. The predicted octanol–water partition coefficient (Wildman–Crippen LogP) is 4.14. The Bertz CT molecular complexity index is 941. The number of fused-ring (bicyclic) bond motifs is 2. The van der Waals surface area contributed by atoms with Crippen LogP contribution in [0.5, 0.6) is 11.5 Å². The quantitative estimate of drug-likeness (QED) is 0.194. The van der Waals surface area contributed by atoms with Gasteiger partial charge in [0.2, 0.25) is 0 Å². The Kier molecular flexibility index (Phi) is 8.06. The number of hydrogen-bond acceptors (Lipinski definition) is 6. The van der Waals surface area contributed by atoms with Crippen LogP contribution >= 0.6 is 0 Å². The molecule has 0 aliphatic heterocycles. The molecule has 6 nitrogen and oxygen atoms in total. The van der Waals surface area contributed by atoms with Crippen molar-refractivity contribution in [1.82, 2.24) is 0 Å². The Morgan fingerprint density at radius 1 is 0.767 bits per heavy atom. The second-order valence-corrected chi connectivity index (χ2v) is 6.42. The Morgan fingerprint density at radius 3 is 1.70 bits per heavy atom. The number of ether oxygens (including phenoxy) is 5. The van der Waals surface area contributed by atoms with Crippen LogP contribution in [0, 0.1) is 0 Å². The van der Waals surface area contributed by atoms with E-state index < -0.39 is 5.97 Å². The molecule has 30 heavy (non-hydrogen) atoms. The molecule has 0 fully saturated rings. The SMILES string of the molecule is C=CC(=O)OCCOCCOc1c2ccccc2c(OCCOC)c2ccccc12. The minimum atomic E-state index is -0.458. The Balaban J connectivity index is 1.76. The van der Waals surface area contributed by atoms with E-state index in [4.69, 9.17) is 23.7 Å².